The average molecular weight is 603 g/mol. The van der Waals surface area contributed by atoms with Gasteiger partial charge >= 0.3 is 7.82 Å². The molecule has 0 saturated heterocycles. The Morgan fingerprint density at radius 3 is 2.00 bits per heavy atom. The first-order valence-electron chi connectivity index (χ1n) is 15.7. The van der Waals surface area contributed by atoms with Crippen LogP contribution in [0.15, 0.2) is 36.5 Å². The first kappa shape index (κ1) is 39.7. The van der Waals surface area contributed by atoms with Crippen molar-refractivity contribution in [3.05, 3.63) is 36.5 Å². The summed E-state index contributed by atoms with van der Waals surface area (Å²) in [6.07, 6.45) is 25.4. The third-order valence-corrected chi connectivity index (χ3v) is 7.50. The van der Waals surface area contributed by atoms with Crippen LogP contribution in [0.3, 0.4) is 0 Å². The van der Waals surface area contributed by atoms with Crippen LogP contribution in [0.1, 0.15) is 117 Å². The summed E-state index contributed by atoms with van der Waals surface area (Å²) in [6.45, 7) is 3.74. The van der Waals surface area contributed by atoms with E-state index in [2.05, 4.69) is 43.5 Å². The number of aliphatic hydroxyl groups excluding tert-OH is 2. The third kappa shape index (κ3) is 26.1. The van der Waals surface area contributed by atoms with Crippen molar-refractivity contribution in [3.63, 3.8) is 0 Å². The molecule has 9 nitrogen and oxygen atoms in total. The Hall–Kier alpha value is -1.32. The van der Waals surface area contributed by atoms with Crippen molar-refractivity contribution in [3.8, 4) is 0 Å². The molecule has 6 N–H and O–H groups in total. The van der Waals surface area contributed by atoms with Gasteiger partial charge in [0.2, 0.25) is 5.91 Å². The van der Waals surface area contributed by atoms with E-state index in [0.29, 0.717) is 12.8 Å². The number of carbonyl (C=O) groups excluding carboxylic acids is 1. The van der Waals surface area contributed by atoms with E-state index in [9.17, 15) is 24.5 Å². The van der Waals surface area contributed by atoms with Crippen LogP contribution in [-0.2, 0) is 18.4 Å². The molecule has 0 heterocycles. The van der Waals surface area contributed by atoms with Crippen molar-refractivity contribution in [1.82, 2.24) is 5.32 Å². The summed E-state index contributed by atoms with van der Waals surface area (Å²) in [7, 11) is -4.39. The molecule has 0 rings (SSSR count). The van der Waals surface area contributed by atoms with Gasteiger partial charge in [0, 0.05) is 6.54 Å². The van der Waals surface area contributed by atoms with Crippen LogP contribution in [0.2, 0.25) is 0 Å². The largest absolute Gasteiger partial charge is 0.472 e. The number of nitrogens with two attached hydrogens (primary N) is 1. The van der Waals surface area contributed by atoms with Crippen LogP contribution in [0.4, 0.5) is 0 Å². The summed E-state index contributed by atoms with van der Waals surface area (Å²) in [4.78, 5) is 22.4. The first-order valence-corrected chi connectivity index (χ1v) is 17.2. The molecule has 4 atom stereocenters. The zero-order valence-corrected chi connectivity index (χ0v) is 26.5. The second-order valence-corrected chi connectivity index (χ2v) is 11.9. The fraction of sp³-hybridized carbons (Fsp3) is 0.774. The maximum atomic E-state index is 12.6. The highest BCUT2D eigenvalue weighted by molar-refractivity contribution is 7.47. The number of nitrogens with one attached hydrogen (secondary N) is 1. The van der Waals surface area contributed by atoms with Gasteiger partial charge in [0.15, 0.2) is 0 Å². The van der Waals surface area contributed by atoms with E-state index in [1.165, 1.54) is 44.6 Å². The molecule has 0 saturated carbocycles. The van der Waals surface area contributed by atoms with Gasteiger partial charge in [-0.15, -0.1) is 0 Å². The molecule has 0 aliphatic carbocycles. The summed E-state index contributed by atoms with van der Waals surface area (Å²) in [5, 5.41) is 23.7. The highest BCUT2D eigenvalue weighted by Gasteiger charge is 2.27. The molecule has 240 valence electrons. The number of aliphatic hydroxyl groups is 2. The Balaban J connectivity index is 4.66. The zero-order valence-electron chi connectivity index (χ0n) is 25.6. The number of amides is 1. The van der Waals surface area contributed by atoms with Crippen molar-refractivity contribution >= 4 is 13.7 Å². The second kappa shape index (κ2) is 27.5. The molecular weight excluding hydrogens is 543 g/mol. The van der Waals surface area contributed by atoms with Gasteiger partial charge in [-0.25, -0.2) is 4.57 Å². The monoisotopic (exact) mass is 602 g/mol. The van der Waals surface area contributed by atoms with E-state index in [-0.39, 0.29) is 19.6 Å². The van der Waals surface area contributed by atoms with E-state index < -0.39 is 38.6 Å². The molecule has 4 unspecified atom stereocenters. The van der Waals surface area contributed by atoms with Crippen LogP contribution in [-0.4, -0.2) is 59.0 Å². The van der Waals surface area contributed by atoms with Crippen molar-refractivity contribution in [2.45, 2.75) is 135 Å². The number of hydrogen-bond donors (Lipinski definition) is 5. The normalized spacial score (nSPS) is 16.0. The number of allylic oxidation sites excluding steroid dienone is 5. The minimum Gasteiger partial charge on any atom is -0.393 e. The predicted molar refractivity (Wildman–Crippen MR) is 167 cm³/mol. The van der Waals surface area contributed by atoms with Gasteiger partial charge in [-0.05, 0) is 38.5 Å². The average Bonchev–Trinajstić information content (AvgIpc) is 2.94. The quantitative estimate of drug-likeness (QED) is 0.0401. The predicted octanol–water partition coefficient (Wildman–Crippen LogP) is 6.24. The Labute approximate surface area is 249 Å². The van der Waals surface area contributed by atoms with Crippen LogP contribution >= 0.6 is 7.82 Å². The van der Waals surface area contributed by atoms with Gasteiger partial charge in [0.1, 0.15) is 0 Å². The molecule has 0 aliphatic rings. The highest BCUT2D eigenvalue weighted by atomic mass is 31.2. The lowest BCUT2D eigenvalue weighted by atomic mass is 10.0. The second-order valence-electron chi connectivity index (χ2n) is 10.5. The van der Waals surface area contributed by atoms with Crippen molar-refractivity contribution in [2.24, 2.45) is 5.73 Å². The van der Waals surface area contributed by atoms with Gasteiger partial charge in [-0.2, -0.15) is 0 Å². The summed E-state index contributed by atoms with van der Waals surface area (Å²) in [5.74, 6) is -0.467. The molecule has 41 heavy (non-hydrogen) atoms. The Morgan fingerprint density at radius 1 is 0.854 bits per heavy atom. The number of phosphoric ester groups is 1. The van der Waals surface area contributed by atoms with E-state index in [1.54, 1.807) is 6.08 Å². The first-order chi connectivity index (χ1) is 19.8. The van der Waals surface area contributed by atoms with Gasteiger partial charge in [0.25, 0.3) is 0 Å². The van der Waals surface area contributed by atoms with E-state index >= 15 is 0 Å². The lowest BCUT2D eigenvalue weighted by Gasteiger charge is -2.24. The maximum Gasteiger partial charge on any atom is 0.472 e. The van der Waals surface area contributed by atoms with Gasteiger partial charge in [-0.3, -0.25) is 13.8 Å². The van der Waals surface area contributed by atoms with Crippen molar-refractivity contribution in [2.75, 3.05) is 19.8 Å². The summed E-state index contributed by atoms with van der Waals surface area (Å²) in [6, 6.07) is -0.999. The van der Waals surface area contributed by atoms with Crippen molar-refractivity contribution in [1.29, 1.82) is 0 Å². The smallest absolute Gasteiger partial charge is 0.393 e. The molecule has 0 aromatic rings. The number of rotatable bonds is 28. The van der Waals surface area contributed by atoms with E-state index in [0.717, 1.165) is 44.9 Å². The van der Waals surface area contributed by atoms with Crippen LogP contribution < -0.4 is 11.1 Å². The fourth-order valence-electron chi connectivity index (χ4n) is 4.15. The van der Waals surface area contributed by atoms with E-state index in [1.807, 2.05) is 0 Å². The van der Waals surface area contributed by atoms with Crippen molar-refractivity contribution < 1.29 is 33.5 Å². The molecule has 0 aromatic heterocycles. The molecule has 1 amide bonds. The van der Waals surface area contributed by atoms with Crippen LogP contribution in [0, 0.1) is 0 Å². The maximum absolute atomic E-state index is 12.6. The third-order valence-electron chi connectivity index (χ3n) is 6.51. The number of carbonyl (C=O) groups is 1. The molecule has 0 bridgehead atoms. The molecule has 0 fully saturated rings. The molecular formula is C31H59N2O7P. The summed E-state index contributed by atoms with van der Waals surface area (Å²) < 4.78 is 21.8. The Morgan fingerprint density at radius 2 is 1.41 bits per heavy atom. The number of unbranched alkanes of at least 4 members (excludes halogenated alkanes) is 10. The Kier molecular flexibility index (Phi) is 26.6. The molecule has 10 heteroatoms. The lowest BCUT2D eigenvalue weighted by molar-refractivity contribution is -0.124. The lowest BCUT2D eigenvalue weighted by Crippen LogP contribution is -2.46. The number of phosphoric acid groups is 1. The van der Waals surface area contributed by atoms with Crippen LogP contribution in [0.5, 0.6) is 0 Å². The number of hydrogen-bond acceptors (Lipinski definition) is 7. The van der Waals surface area contributed by atoms with Gasteiger partial charge < -0.3 is 26.2 Å². The highest BCUT2D eigenvalue weighted by Crippen LogP contribution is 2.43. The zero-order chi connectivity index (χ0) is 30.6. The fourth-order valence-corrected chi connectivity index (χ4v) is 4.91. The van der Waals surface area contributed by atoms with Crippen LogP contribution in [0.25, 0.3) is 0 Å². The Bertz CT molecular complexity index is 761. The standard InChI is InChI=1S/C31H59N2O7P/c1-3-5-7-9-11-13-15-17-19-21-23-30(35)29(27-40-41(37,38)39-25-24-32)33-31(36)26-28(34)22-20-18-16-14-12-10-8-6-4-2/h5,7,13,15,21,23,28-30,34-35H,3-4,6,8-12,14,16-20,22,24-27,32H2,1-2H3,(H,33,36)(H,37,38)/b7-5+,15-13+,23-21+. The summed E-state index contributed by atoms with van der Waals surface area (Å²) in [5.41, 5.74) is 5.31. The molecule has 0 aromatic carbocycles. The SMILES string of the molecule is CC/C=C/CC/C=C/CC/C=C/C(O)C(COP(=O)(O)OCCN)NC(=O)CC(O)CCCCCCCCCCC. The minimum absolute atomic E-state index is 0.0418. The topological polar surface area (TPSA) is 151 Å². The van der Waals surface area contributed by atoms with Gasteiger partial charge in [-0.1, -0.05) is 108 Å². The summed E-state index contributed by atoms with van der Waals surface area (Å²) >= 11 is 0. The molecule has 0 aliphatic heterocycles. The van der Waals surface area contributed by atoms with Gasteiger partial charge in [0.05, 0.1) is 37.9 Å². The van der Waals surface area contributed by atoms with E-state index in [4.69, 9.17) is 14.8 Å². The minimum atomic E-state index is -4.39. The molecule has 0 spiro atoms. The molecule has 0 radical (unpaired) electrons.